The highest BCUT2D eigenvalue weighted by atomic mass is 16.5. The summed E-state index contributed by atoms with van der Waals surface area (Å²) in [6.07, 6.45) is 7.96. The Kier molecular flexibility index (Phi) is 4.99. The fourth-order valence-corrected chi connectivity index (χ4v) is 3.86. The van der Waals surface area contributed by atoms with Gasteiger partial charge in [0.15, 0.2) is 0 Å². The van der Waals surface area contributed by atoms with E-state index in [1.807, 2.05) is 24.3 Å². The van der Waals surface area contributed by atoms with Gasteiger partial charge in [-0.25, -0.2) is 9.97 Å². The number of rotatable bonds is 6. The molecule has 0 bridgehead atoms. The van der Waals surface area contributed by atoms with Crippen molar-refractivity contribution in [2.45, 2.75) is 31.3 Å². The first-order valence-electron chi connectivity index (χ1n) is 10.2. The average Bonchev–Trinajstić information content (AvgIpc) is 3.41. The number of nitrogens with one attached hydrogen (secondary N) is 2. The Morgan fingerprint density at radius 1 is 1.10 bits per heavy atom. The van der Waals surface area contributed by atoms with Crippen molar-refractivity contribution in [2.75, 3.05) is 17.7 Å². The topological polar surface area (TPSA) is 107 Å². The van der Waals surface area contributed by atoms with Crippen molar-refractivity contribution in [3.8, 4) is 11.4 Å². The first kappa shape index (κ1) is 19.1. The molecule has 5 rings (SSSR count). The molecule has 1 aliphatic rings. The summed E-state index contributed by atoms with van der Waals surface area (Å²) in [6, 6.07) is 11.6. The van der Waals surface area contributed by atoms with Gasteiger partial charge in [0.2, 0.25) is 5.71 Å². The van der Waals surface area contributed by atoms with Crippen LogP contribution in [0.15, 0.2) is 64.2 Å². The van der Waals surface area contributed by atoms with Gasteiger partial charge < -0.3 is 19.8 Å². The van der Waals surface area contributed by atoms with E-state index in [2.05, 4.69) is 25.6 Å². The molecule has 4 aromatic heterocycles. The van der Waals surface area contributed by atoms with Crippen molar-refractivity contribution in [1.82, 2.24) is 19.5 Å². The van der Waals surface area contributed by atoms with Gasteiger partial charge in [-0.05, 0) is 49.6 Å². The van der Waals surface area contributed by atoms with Crippen LogP contribution in [0.2, 0.25) is 0 Å². The summed E-state index contributed by atoms with van der Waals surface area (Å²) < 4.78 is 12.4. The Labute approximate surface area is 178 Å². The molecule has 158 valence electrons. The summed E-state index contributed by atoms with van der Waals surface area (Å²) in [7, 11) is 1.57. The molecule has 1 fully saturated rings. The number of methoxy groups -OCH3 is 1. The summed E-state index contributed by atoms with van der Waals surface area (Å²) in [5.74, 6) is 1.39. The molecule has 2 N–H and O–H groups in total. The number of hydrogen-bond donors (Lipinski definition) is 2. The normalized spacial score (nSPS) is 18.2. The fraction of sp³-hybridized carbons (Fsp3) is 0.273. The van der Waals surface area contributed by atoms with Crippen molar-refractivity contribution in [2.24, 2.45) is 0 Å². The summed E-state index contributed by atoms with van der Waals surface area (Å²) in [6.45, 7) is 0. The Balaban J connectivity index is 1.21. The van der Waals surface area contributed by atoms with Gasteiger partial charge >= 0.3 is 0 Å². The number of pyridine rings is 3. The van der Waals surface area contributed by atoms with Crippen LogP contribution >= 0.6 is 0 Å². The number of nitrogens with zero attached hydrogens (tertiary/aromatic N) is 4. The molecule has 31 heavy (non-hydrogen) atoms. The van der Waals surface area contributed by atoms with E-state index in [-0.39, 0.29) is 17.6 Å². The third-order valence-corrected chi connectivity index (χ3v) is 5.42. The Hall–Kier alpha value is -3.88. The maximum absolute atomic E-state index is 12.1. The highest BCUT2D eigenvalue weighted by Crippen LogP contribution is 2.26. The summed E-state index contributed by atoms with van der Waals surface area (Å²) in [4.78, 5) is 25.2. The lowest BCUT2D eigenvalue weighted by Crippen LogP contribution is -2.21. The van der Waals surface area contributed by atoms with Crippen LogP contribution in [0, 0.1) is 0 Å². The number of fused-ring (bicyclic) bond motifs is 1. The lowest BCUT2D eigenvalue weighted by Gasteiger charge is -2.15. The molecule has 2 atom stereocenters. The standard InChI is InChI=1S/C22H22N6O3/c1-30-17-7-9-20(29)28(13-17)16-6-8-19(24-12-16)25-14-4-5-15(11-14)26-22-27-18-3-2-10-23-21(18)31-22/h2-3,6-10,12-15H,4-5,11H2,1H3,(H,24,25)(H,26,27)/t14-,15-/m0/s1. The van der Waals surface area contributed by atoms with E-state index in [0.29, 0.717) is 23.2 Å². The number of aromatic nitrogens is 4. The maximum atomic E-state index is 12.1. The summed E-state index contributed by atoms with van der Waals surface area (Å²) in [5.41, 5.74) is 1.83. The van der Waals surface area contributed by atoms with Crippen LogP contribution < -0.4 is 20.9 Å². The molecule has 1 saturated carbocycles. The number of anilines is 2. The molecule has 0 aromatic carbocycles. The van der Waals surface area contributed by atoms with Crippen LogP contribution in [0.25, 0.3) is 16.9 Å². The molecular formula is C22H22N6O3. The minimum absolute atomic E-state index is 0.137. The smallest absolute Gasteiger partial charge is 0.297 e. The van der Waals surface area contributed by atoms with Crippen molar-refractivity contribution >= 4 is 23.1 Å². The fourth-order valence-electron chi connectivity index (χ4n) is 3.86. The molecule has 4 aromatic rings. The molecule has 4 heterocycles. The molecule has 0 amide bonds. The number of oxazole rings is 1. The van der Waals surface area contributed by atoms with Crippen LogP contribution in [0.4, 0.5) is 11.8 Å². The van der Waals surface area contributed by atoms with E-state index >= 15 is 0 Å². The van der Waals surface area contributed by atoms with Gasteiger partial charge in [0, 0.05) is 24.3 Å². The molecule has 9 heteroatoms. The van der Waals surface area contributed by atoms with Crippen LogP contribution in [0.3, 0.4) is 0 Å². The first-order chi connectivity index (χ1) is 15.2. The third kappa shape index (κ3) is 4.07. The van der Waals surface area contributed by atoms with Crippen molar-refractivity contribution < 1.29 is 9.15 Å². The lowest BCUT2D eigenvalue weighted by molar-refractivity contribution is 0.411. The zero-order valence-corrected chi connectivity index (χ0v) is 17.0. The van der Waals surface area contributed by atoms with E-state index in [4.69, 9.17) is 9.15 Å². The molecule has 0 saturated heterocycles. The second-order valence-electron chi connectivity index (χ2n) is 7.52. The second kappa shape index (κ2) is 8.10. The van der Waals surface area contributed by atoms with Gasteiger partial charge in [0.05, 0.1) is 25.2 Å². The predicted molar refractivity (Wildman–Crippen MR) is 117 cm³/mol. The molecule has 0 radical (unpaired) electrons. The Morgan fingerprint density at radius 2 is 1.97 bits per heavy atom. The van der Waals surface area contributed by atoms with Crippen LogP contribution in [0.1, 0.15) is 19.3 Å². The minimum atomic E-state index is -0.137. The third-order valence-electron chi connectivity index (χ3n) is 5.42. The number of ether oxygens (including phenoxy) is 1. The molecule has 0 aliphatic heterocycles. The molecule has 9 nitrogen and oxygen atoms in total. The van der Waals surface area contributed by atoms with Crippen molar-refractivity contribution in [3.63, 3.8) is 0 Å². The Morgan fingerprint density at radius 3 is 2.74 bits per heavy atom. The average molecular weight is 418 g/mol. The second-order valence-corrected chi connectivity index (χ2v) is 7.52. The van der Waals surface area contributed by atoms with E-state index in [0.717, 1.165) is 30.6 Å². The van der Waals surface area contributed by atoms with E-state index in [9.17, 15) is 4.79 Å². The quantitative estimate of drug-likeness (QED) is 0.492. The molecule has 0 unspecified atom stereocenters. The van der Waals surface area contributed by atoms with E-state index in [1.165, 1.54) is 10.6 Å². The molecule has 1 aliphatic carbocycles. The summed E-state index contributed by atoms with van der Waals surface area (Å²) in [5, 5.41) is 6.84. The number of hydrogen-bond acceptors (Lipinski definition) is 8. The first-order valence-corrected chi connectivity index (χ1v) is 10.2. The van der Waals surface area contributed by atoms with Crippen LogP contribution in [-0.4, -0.2) is 38.7 Å². The maximum Gasteiger partial charge on any atom is 0.297 e. The lowest BCUT2D eigenvalue weighted by atomic mass is 10.2. The SMILES string of the molecule is COc1ccc(=O)n(-c2ccc(N[C@H]3CC[C@H](Nc4nc5cccnc5o4)C3)nc2)c1. The Bertz CT molecular complexity index is 1220. The van der Waals surface area contributed by atoms with E-state index < -0.39 is 0 Å². The summed E-state index contributed by atoms with van der Waals surface area (Å²) >= 11 is 0. The predicted octanol–water partition coefficient (Wildman–Crippen LogP) is 3.22. The minimum Gasteiger partial charge on any atom is -0.495 e. The zero-order chi connectivity index (χ0) is 21.2. The monoisotopic (exact) mass is 418 g/mol. The van der Waals surface area contributed by atoms with Gasteiger partial charge in [-0.1, -0.05) is 0 Å². The van der Waals surface area contributed by atoms with Crippen molar-refractivity contribution in [1.29, 1.82) is 0 Å². The van der Waals surface area contributed by atoms with E-state index in [1.54, 1.807) is 31.8 Å². The molecule has 0 spiro atoms. The largest absolute Gasteiger partial charge is 0.495 e. The van der Waals surface area contributed by atoms with Gasteiger partial charge in [-0.15, -0.1) is 0 Å². The van der Waals surface area contributed by atoms with Crippen molar-refractivity contribution in [3.05, 3.63) is 65.3 Å². The van der Waals surface area contributed by atoms with Crippen LogP contribution in [-0.2, 0) is 0 Å². The van der Waals surface area contributed by atoms with Gasteiger partial charge in [-0.2, -0.15) is 4.98 Å². The molecular weight excluding hydrogens is 396 g/mol. The highest BCUT2D eigenvalue weighted by Gasteiger charge is 2.26. The van der Waals surface area contributed by atoms with Gasteiger partial charge in [-0.3, -0.25) is 9.36 Å². The van der Waals surface area contributed by atoms with Gasteiger partial charge in [0.1, 0.15) is 17.1 Å². The van der Waals surface area contributed by atoms with Crippen LogP contribution in [0.5, 0.6) is 5.75 Å². The van der Waals surface area contributed by atoms with Gasteiger partial charge in [0.25, 0.3) is 11.6 Å². The highest BCUT2D eigenvalue weighted by molar-refractivity contribution is 5.69. The zero-order valence-electron chi connectivity index (χ0n) is 17.0.